The highest BCUT2D eigenvalue weighted by molar-refractivity contribution is 8.15. The summed E-state index contributed by atoms with van der Waals surface area (Å²) in [6, 6.07) is 10.6. The number of nitrogens with zero attached hydrogens (tertiary/aromatic N) is 2. The van der Waals surface area contributed by atoms with Gasteiger partial charge in [0.2, 0.25) is 0 Å². The Labute approximate surface area is 183 Å². The Morgan fingerprint density at radius 3 is 2.66 bits per heavy atom. The Bertz CT molecular complexity index is 1160. The van der Waals surface area contributed by atoms with E-state index in [0.717, 1.165) is 16.1 Å². The maximum Gasteiger partial charge on any atom is 0.257 e. The second kappa shape index (κ2) is 7.19. The summed E-state index contributed by atoms with van der Waals surface area (Å²) in [4.78, 5) is 15.6. The predicted molar refractivity (Wildman–Crippen MR) is 118 cm³/mol. The molecular formula is C19H17Cl2N3O3S2. The van der Waals surface area contributed by atoms with Gasteiger partial charge >= 0.3 is 0 Å². The maximum atomic E-state index is 12.9. The van der Waals surface area contributed by atoms with Crippen LogP contribution in [-0.2, 0) is 15.6 Å². The summed E-state index contributed by atoms with van der Waals surface area (Å²) in [6.07, 6.45) is 0. The van der Waals surface area contributed by atoms with Gasteiger partial charge < -0.3 is 10.2 Å². The zero-order valence-electron chi connectivity index (χ0n) is 15.6. The van der Waals surface area contributed by atoms with Gasteiger partial charge in [0.15, 0.2) is 5.17 Å². The Balaban J connectivity index is 1.58. The Morgan fingerprint density at radius 2 is 1.93 bits per heavy atom. The molecule has 0 spiro atoms. The van der Waals surface area contributed by atoms with Crippen molar-refractivity contribution in [1.82, 2.24) is 5.32 Å². The van der Waals surface area contributed by atoms with Crippen LogP contribution in [-0.4, -0.2) is 31.8 Å². The normalized spacial score (nSPS) is 17.4. The first-order chi connectivity index (χ1) is 13.6. The molecule has 0 radical (unpaired) electrons. The number of fused-ring (bicyclic) bond motifs is 3. The third-order valence-electron chi connectivity index (χ3n) is 4.80. The number of carbonyl (C=O) groups excluding carboxylic acids is 1. The highest BCUT2D eigenvalue weighted by atomic mass is 35.5. The van der Waals surface area contributed by atoms with Crippen molar-refractivity contribution in [3.05, 3.63) is 57.6 Å². The quantitative estimate of drug-likeness (QED) is 0.725. The Hall–Kier alpha value is -1.74. The summed E-state index contributed by atoms with van der Waals surface area (Å²) in [5.41, 5.74) is 1.50. The van der Waals surface area contributed by atoms with Gasteiger partial charge in [0.05, 0.1) is 27.0 Å². The van der Waals surface area contributed by atoms with Gasteiger partial charge in [-0.2, -0.15) is 0 Å². The predicted octanol–water partition coefficient (Wildman–Crippen LogP) is 4.27. The first kappa shape index (κ1) is 20.5. The van der Waals surface area contributed by atoms with Crippen LogP contribution in [0.5, 0.6) is 0 Å². The van der Waals surface area contributed by atoms with E-state index in [4.69, 9.17) is 23.2 Å². The van der Waals surface area contributed by atoms with Gasteiger partial charge in [-0.1, -0.05) is 29.3 Å². The van der Waals surface area contributed by atoms with Crippen LogP contribution in [0, 0.1) is 0 Å². The fraction of sp³-hybridized carbons (Fsp3) is 0.263. The zero-order chi connectivity index (χ0) is 21.0. The lowest BCUT2D eigenvalue weighted by Crippen LogP contribution is -2.41. The first-order valence-electron chi connectivity index (χ1n) is 8.76. The van der Waals surface area contributed by atoms with Crippen molar-refractivity contribution in [3.8, 4) is 0 Å². The number of halogens is 2. The van der Waals surface area contributed by atoms with Crippen molar-refractivity contribution in [2.24, 2.45) is 4.40 Å². The number of sulfonamides is 1. The molecule has 0 aliphatic carbocycles. The molecule has 2 heterocycles. The van der Waals surface area contributed by atoms with Gasteiger partial charge in [0, 0.05) is 17.0 Å². The lowest BCUT2D eigenvalue weighted by molar-refractivity contribution is 0.0912. The van der Waals surface area contributed by atoms with Gasteiger partial charge in [0.25, 0.3) is 15.9 Å². The average molecular weight is 470 g/mol. The van der Waals surface area contributed by atoms with Crippen molar-refractivity contribution in [3.63, 3.8) is 0 Å². The van der Waals surface area contributed by atoms with E-state index in [2.05, 4.69) is 9.71 Å². The van der Waals surface area contributed by atoms with Crippen molar-refractivity contribution in [2.75, 3.05) is 17.2 Å². The average Bonchev–Trinajstić information content (AvgIpc) is 2.98. The molecule has 0 saturated heterocycles. The van der Waals surface area contributed by atoms with Crippen molar-refractivity contribution in [1.29, 1.82) is 0 Å². The van der Waals surface area contributed by atoms with Crippen molar-refractivity contribution >= 4 is 61.7 Å². The zero-order valence-corrected chi connectivity index (χ0v) is 18.7. The summed E-state index contributed by atoms with van der Waals surface area (Å²) < 4.78 is 27.3. The molecule has 0 saturated carbocycles. The number of benzene rings is 2. The molecule has 29 heavy (non-hydrogen) atoms. The van der Waals surface area contributed by atoms with E-state index in [1.165, 1.54) is 11.8 Å². The van der Waals surface area contributed by atoms with E-state index in [0.29, 0.717) is 27.3 Å². The molecule has 0 fully saturated rings. The summed E-state index contributed by atoms with van der Waals surface area (Å²) in [5.74, 6) is -0.264. The van der Waals surface area contributed by atoms with E-state index in [-0.39, 0.29) is 11.7 Å². The van der Waals surface area contributed by atoms with Gasteiger partial charge in [0.1, 0.15) is 0 Å². The number of nitrogens with one attached hydrogen (secondary N) is 1. The molecular weight excluding hydrogens is 453 g/mol. The highest BCUT2D eigenvalue weighted by Gasteiger charge is 2.34. The minimum atomic E-state index is -3.42. The molecule has 2 aromatic rings. The van der Waals surface area contributed by atoms with Gasteiger partial charge in [-0.15, -0.1) is 4.40 Å². The topological polar surface area (TPSA) is 78.8 Å². The van der Waals surface area contributed by atoms with E-state index in [1.807, 2.05) is 30.9 Å². The van der Waals surface area contributed by atoms with E-state index in [9.17, 15) is 13.2 Å². The smallest absolute Gasteiger partial charge is 0.257 e. The van der Waals surface area contributed by atoms with Crippen LogP contribution in [0.1, 0.15) is 29.8 Å². The number of thioether (sulfide) groups is 1. The van der Waals surface area contributed by atoms with Crippen LogP contribution < -0.4 is 10.2 Å². The van der Waals surface area contributed by atoms with Crippen LogP contribution in [0.25, 0.3) is 0 Å². The van der Waals surface area contributed by atoms with Crippen LogP contribution in [0.2, 0.25) is 10.0 Å². The maximum absolute atomic E-state index is 12.9. The van der Waals surface area contributed by atoms with Crippen molar-refractivity contribution < 1.29 is 13.2 Å². The highest BCUT2D eigenvalue weighted by Crippen LogP contribution is 2.42. The number of anilines is 1. The molecule has 4 rings (SSSR count). The van der Waals surface area contributed by atoms with Crippen LogP contribution >= 0.6 is 35.0 Å². The Morgan fingerprint density at radius 1 is 1.17 bits per heavy atom. The molecule has 1 N–H and O–H groups in total. The largest absolute Gasteiger partial charge is 0.343 e. The number of amidine groups is 1. The fourth-order valence-electron chi connectivity index (χ4n) is 3.18. The fourth-order valence-corrected chi connectivity index (χ4v) is 5.78. The number of hydrogen-bond donors (Lipinski definition) is 1. The molecule has 152 valence electrons. The molecule has 10 heteroatoms. The molecule has 6 nitrogen and oxygen atoms in total. The van der Waals surface area contributed by atoms with E-state index >= 15 is 0 Å². The second-order valence-electron chi connectivity index (χ2n) is 7.30. The number of hydrogen-bond acceptors (Lipinski definition) is 5. The minimum Gasteiger partial charge on any atom is -0.343 e. The standard InChI is InChI=1S/C19H17Cl2N3O3S2/c1-19(2,12-4-5-13(20)14(21)10-12)22-17(25)11-3-6-15-16(9-11)28-18-23-29(26,27)8-7-24(15)18/h3-6,9-10H,7-8H2,1-2H3,(H,22,25). The number of amides is 1. The third-order valence-corrected chi connectivity index (χ3v) is 7.85. The molecule has 2 aliphatic heterocycles. The van der Waals surface area contributed by atoms with Crippen LogP contribution in [0.15, 0.2) is 45.7 Å². The monoisotopic (exact) mass is 469 g/mol. The molecule has 0 unspecified atom stereocenters. The second-order valence-corrected chi connectivity index (χ2v) is 10.9. The third kappa shape index (κ3) is 3.99. The summed E-state index contributed by atoms with van der Waals surface area (Å²) in [5, 5.41) is 4.32. The molecule has 0 bridgehead atoms. The Kier molecular flexibility index (Phi) is 5.09. The molecule has 0 aromatic heterocycles. The van der Waals surface area contributed by atoms with Crippen LogP contribution in [0.4, 0.5) is 5.69 Å². The summed E-state index contributed by atoms with van der Waals surface area (Å²) in [6.45, 7) is 4.12. The van der Waals surface area contributed by atoms with E-state index in [1.54, 1.807) is 24.3 Å². The number of rotatable bonds is 3. The molecule has 2 aromatic carbocycles. The summed E-state index contributed by atoms with van der Waals surface area (Å²) >= 11 is 13.4. The minimum absolute atomic E-state index is 0.0173. The number of carbonyl (C=O) groups is 1. The summed E-state index contributed by atoms with van der Waals surface area (Å²) in [7, 11) is -3.42. The van der Waals surface area contributed by atoms with Crippen LogP contribution in [0.3, 0.4) is 0 Å². The van der Waals surface area contributed by atoms with E-state index < -0.39 is 15.6 Å². The molecule has 2 aliphatic rings. The first-order valence-corrected chi connectivity index (χ1v) is 11.9. The van der Waals surface area contributed by atoms with Gasteiger partial charge in [-0.3, -0.25) is 4.79 Å². The lowest BCUT2D eigenvalue weighted by Gasteiger charge is -2.27. The molecule has 0 atom stereocenters. The SMILES string of the molecule is CC(C)(NC(=O)c1ccc2c(c1)SC1=NS(=O)(=O)CCN12)c1ccc(Cl)c(Cl)c1. The van der Waals surface area contributed by atoms with Gasteiger partial charge in [-0.25, -0.2) is 8.42 Å². The van der Waals surface area contributed by atoms with Crippen molar-refractivity contribution in [2.45, 2.75) is 24.3 Å². The lowest BCUT2D eigenvalue weighted by atomic mass is 9.94. The van der Waals surface area contributed by atoms with Gasteiger partial charge in [-0.05, 0) is 61.5 Å². The molecule has 1 amide bonds.